The van der Waals surface area contributed by atoms with Gasteiger partial charge in [0.15, 0.2) is 0 Å². The number of rotatable bonds is 1. The zero-order valence-electron chi connectivity index (χ0n) is 13.9. The third-order valence-electron chi connectivity index (χ3n) is 1.77. The second-order valence-corrected chi connectivity index (χ2v) is 9.83. The molecule has 1 N–H and O–H groups in total. The molecule has 21 heavy (non-hydrogen) atoms. The number of halogens is 1. The van der Waals surface area contributed by atoms with Crippen LogP contribution < -0.4 is 17.7 Å². The van der Waals surface area contributed by atoms with E-state index in [9.17, 15) is 4.79 Å². The molecule has 0 aliphatic carbocycles. The Morgan fingerprint density at radius 1 is 1.10 bits per heavy atom. The number of amides is 1. The minimum absolute atomic E-state index is 0. The SMILES string of the molecule is CC(=O)Nc1[c-]cccc1.CC(C)(C)PC(C)(C)C.[Cl-].[Pd+2]. The van der Waals surface area contributed by atoms with Crippen LogP contribution in [0.2, 0.25) is 0 Å². The van der Waals surface area contributed by atoms with Crippen molar-refractivity contribution in [2.24, 2.45) is 0 Å². The maximum atomic E-state index is 10.5. The molecule has 0 atom stereocenters. The Kier molecular flexibility index (Phi) is 14.4. The molecule has 0 bridgehead atoms. The molecular weight excluding hydrogens is 395 g/mol. The van der Waals surface area contributed by atoms with Gasteiger partial charge in [0.25, 0.3) is 0 Å². The zero-order chi connectivity index (χ0) is 15.1. The average Bonchev–Trinajstić information content (AvgIpc) is 2.12. The van der Waals surface area contributed by atoms with E-state index in [0.717, 1.165) is 14.3 Å². The molecule has 0 aliphatic rings. The fourth-order valence-corrected chi connectivity index (χ4v) is 4.04. The van der Waals surface area contributed by atoms with Gasteiger partial charge in [0, 0.05) is 6.92 Å². The molecule has 1 amide bonds. The molecule has 0 spiro atoms. The van der Waals surface area contributed by atoms with Crippen molar-refractivity contribution < 1.29 is 37.6 Å². The molecule has 5 heteroatoms. The molecule has 0 heterocycles. The molecule has 0 saturated heterocycles. The van der Waals surface area contributed by atoms with Crippen molar-refractivity contribution in [3.8, 4) is 0 Å². The van der Waals surface area contributed by atoms with Crippen molar-refractivity contribution in [2.75, 3.05) is 5.32 Å². The minimum Gasteiger partial charge on any atom is -1.00 e. The molecule has 2 nitrogen and oxygen atoms in total. The van der Waals surface area contributed by atoms with E-state index in [1.54, 1.807) is 12.1 Å². The molecule has 1 aromatic rings. The smallest absolute Gasteiger partial charge is 1.00 e. The first-order chi connectivity index (χ1) is 8.49. The van der Waals surface area contributed by atoms with Crippen LogP contribution in [0, 0.1) is 6.07 Å². The van der Waals surface area contributed by atoms with Crippen LogP contribution in [0.4, 0.5) is 5.69 Å². The van der Waals surface area contributed by atoms with Gasteiger partial charge in [0.1, 0.15) is 0 Å². The first kappa shape index (κ1) is 26.0. The molecule has 0 fully saturated rings. The van der Waals surface area contributed by atoms with Crippen LogP contribution in [-0.4, -0.2) is 16.2 Å². The average molecular weight is 422 g/mol. The van der Waals surface area contributed by atoms with Gasteiger partial charge < -0.3 is 17.7 Å². The second kappa shape index (κ2) is 11.6. The fraction of sp³-hybridized carbons (Fsp3) is 0.562. The van der Waals surface area contributed by atoms with Gasteiger partial charge in [-0.15, -0.1) is 14.6 Å². The molecule has 124 valence electrons. The molecule has 0 unspecified atom stereocenters. The number of nitrogens with one attached hydrogen (secondary N) is 1. The summed E-state index contributed by atoms with van der Waals surface area (Å²) in [6, 6.07) is 10.1. The van der Waals surface area contributed by atoms with Crippen molar-refractivity contribution in [1.82, 2.24) is 0 Å². The van der Waals surface area contributed by atoms with E-state index in [1.165, 1.54) is 6.92 Å². The Bertz CT molecular complexity index is 374. The van der Waals surface area contributed by atoms with Gasteiger partial charge in [-0.2, -0.15) is 24.3 Å². The van der Waals surface area contributed by atoms with Gasteiger partial charge in [-0.05, 0) is 10.3 Å². The summed E-state index contributed by atoms with van der Waals surface area (Å²) in [6.45, 7) is 15.3. The van der Waals surface area contributed by atoms with Crippen molar-refractivity contribution in [2.45, 2.75) is 58.8 Å². The van der Waals surface area contributed by atoms with Gasteiger partial charge in [-0.25, -0.2) is 0 Å². The number of carbonyl (C=O) groups is 1. The van der Waals surface area contributed by atoms with Crippen LogP contribution >= 0.6 is 8.58 Å². The van der Waals surface area contributed by atoms with E-state index >= 15 is 0 Å². The summed E-state index contributed by atoms with van der Waals surface area (Å²) in [7, 11) is 1.05. The van der Waals surface area contributed by atoms with E-state index in [4.69, 9.17) is 0 Å². The Hall–Kier alpha value is 0.0723. The normalized spacial score (nSPS) is 10.2. The summed E-state index contributed by atoms with van der Waals surface area (Å²) < 4.78 is 0. The minimum atomic E-state index is -0.0672. The van der Waals surface area contributed by atoms with Crippen molar-refractivity contribution in [1.29, 1.82) is 0 Å². The Morgan fingerprint density at radius 2 is 1.57 bits per heavy atom. The predicted octanol–water partition coefficient (Wildman–Crippen LogP) is 1.71. The standard InChI is InChI=1S/C8H8NO.C8H19P.ClH.Pd/c1-7(10)9-8-5-3-2-4-6-8;1-7(2,3)9-8(4,5)6;;/h2-5H,1H3,(H,9,10);9H,1-6H3;1H;/q-1;;;+2/p-1. The van der Waals surface area contributed by atoms with Crippen molar-refractivity contribution in [3.05, 3.63) is 30.3 Å². The van der Waals surface area contributed by atoms with E-state index in [2.05, 4.69) is 52.9 Å². The third kappa shape index (κ3) is 20.1. The van der Waals surface area contributed by atoms with Gasteiger partial charge in [0.2, 0.25) is 5.91 Å². The molecule has 0 radical (unpaired) electrons. The monoisotopic (exact) mass is 421 g/mol. The van der Waals surface area contributed by atoms with Gasteiger partial charge in [-0.3, -0.25) is 4.79 Å². The Labute approximate surface area is 152 Å². The van der Waals surface area contributed by atoms with Crippen LogP contribution in [0.5, 0.6) is 0 Å². The fourth-order valence-electron chi connectivity index (χ4n) is 1.79. The Balaban J connectivity index is -0.000000284. The first-order valence-corrected chi connectivity index (χ1v) is 7.53. The summed E-state index contributed by atoms with van der Waals surface area (Å²) in [6.07, 6.45) is 0. The number of para-hydroxylation sites is 1. The van der Waals surface area contributed by atoms with E-state index in [1.807, 2.05) is 12.1 Å². The van der Waals surface area contributed by atoms with Gasteiger partial charge in [-0.1, -0.05) is 47.2 Å². The van der Waals surface area contributed by atoms with Crippen LogP contribution in [-0.2, 0) is 25.2 Å². The van der Waals surface area contributed by atoms with Crippen LogP contribution in [0.15, 0.2) is 24.3 Å². The second-order valence-electron chi connectivity index (χ2n) is 6.58. The maximum Gasteiger partial charge on any atom is 2.00 e. The molecule has 1 rings (SSSR count). The summed E-state index contributed by atoms with van der Waals surface area (Å²) in [5.41, 5.74) is 0.718. The van der Waals surface area contributed by atoms with Crippen LogP contribution in [0.1, 0.15) is 48.5 Å². The van der Waals surface area contributed by atoms with Crippen molar-refractivity contribution in [3.63, 3.8) is 0 Å². The predicted molar refractivity (Wildman–Crippen MR) is 87.4 cm³/mol. The number of anilines is 1. The van der Waals surface area contributed by atoms with Crippen molar-refractivity contribution >= 4 is 20.2 Å². The number of benzene rings is 1. The first-order valence-electron chi connectivity index (χ1n) is 6.53. The van der Waals surface area contributed by atoms with Gasteiger partial charge >= 0.3 is 20.4 Å². The molecule has 0 saturated carbocycles. The quantitative estimate of drug-likeness (QED) is 0.417. The van der Waals surface area contributed by atoms with E-state index in [-0.39, 0.29) is 38.7 Å². The number of hydrogen-bond donors (Lipinski definition) is 1. The van der Waals surface area contributed by atoms with Crippen LogP contribution in [0.25, 0.3) is 0 Å². The zero-order valence-corrected chi connectivity index (χ0v) is 17.2. The molecule has 1 aromatic carbocycles. The molecule has 0 aliphatic heterocycles. The Morgan fingerprint density at radius 3 is 1.81 bits per heavy atom. The summed E-state index contributed by atoms with van der Waals surface area (Å²) >= 11 is 0. The maximum absolute atomic E-state index is 10.5. The largest absolute Gasteiger partial charge is 2.00 e. The molecular formula is C16H27ClNOPPd. The van der Waals surface area contributed by atoms with E-state index < -0.39 is 0 Å². The summed E-state index contributed by atoms with van der Waals surface area (Å²) in [5, 5.41) is 3.63. The van der Waals surface area contributed by atoms with Gasteiger partial charge in [0.05, 0.1) is 0 Å². The summed E-state index contributed by atoms with van der Waals surface area (Å²) in [4.78, 5) is 10.5. The summed E-state index contributed by atoms with van der Waals surface area (Å²) in [5.74, 6) is -0.0672. The topological polar surface area (TPSA) is 29.1 Å². The number of hydrogen-bond acceptors (Lipinski definition) is 1. The third-order valence-corrected chi connectivity index (χ3v) is 3.27. The van der Waals surface area contributed by atoms with Crippen LogP contribution in [0.3, 0.4) is 0 Å². The molecule has 0 aromatic heterocycles. The number of carbonyl (C=O) groups excluding carboxylic acids is 1. The van der Waals surface area contributed by atoms with E-state index in [0.29, 0.717) is 10.3 Å².